The highest BCUT2D eigenvalue weighted by Crippen LogP contribution is 2.27. The van der Waals surface area contributed by atoms with Crippen LogP contribution in [-0.4, -0.2) is 20.3 Å². The van der Waals surface area contributed by atoms with Crippen molar-refractivity contribution in [3.8, 4) is 5.75 Å². The Balaban J connectivity index is 3.27. The minimum absolute atomic E-state index is 0.293. The first-order chi connectivity index (χ1) is 9.01. The van der Waals surface area contributed by atoms with Crippen molar-refractivity contribution in [3.05, 3.63) is 33.7 Å². The quantitative estimate of drug-likeness (QED) is 0.342. The van der Waals surface area contributed by atoms with Gasteiger partial charge in [-0.15, -0.1) is 4.91 Å². The summed E-state index contributed by atoms with van der Waals surface area (Å²) in [6, 6.07) is 3.41. The van der Waals surface area contributed by atoms with E-state index < -0.39 is 5.91 Å². The van der Waals surface area contributed by atoms with Gasteiger partial charge in [0.25, 0.3) is 0 Å². The minimum atomic E-state index is -0.786. The fraction of sp³-hybridized carbons (Fsp3) is 0.462. The van der Waals surface area contributed by atoms with Gasteiger partial charge in [0.15, 0.2) is 5.75 Å². The van der Waals surface area contributed by atoms with E-state index in [0.29, 0.717) is 34.6 Å². The molecule has 1 amide bonds. The maximum absolute atomic E-state index is 11.7. The van der Waals surface area contributed by atoms with Crippen molar-refractivity contribution >= 4 is 13.2 Å². The Bertz CT molecular complexity index is 474. The second kappa shape index (κ2) is 7.04. The Morgan fingerprint density at radius 3 is 2.63 bits per heavy atom. The van der Waals surface area contributed by atoms with Gasteiger partial charge in [-0.25, -0.2) is 0 Å². The lowest BCUT2D eigenvalue weighted by molar-refractivity contribution is -0.178. The summed E-state index contributed by atoms with van der Waals surface area (Å²) in [4.78, 5) is 31.9. The van der Waals surface area contributed by atoms with Gasteiger partial charge in [-0.05, 0) is 18.6 Å². The topological polar surface area (TPSA) is 65.0 Å². The van der Waals surface area contributed by atoms with E-state index in [9.17, 15) is 9.70 Å². The molecule has 101 valence electrons. The zero-order chi connectivity index (χ0) is 14.4. The fourth-order valence-electron chi connectivity index (χ4n) is 1.81. The number of carbonyl (C=O) groups is 1. The molecule has 0 saturated carbocycles. The van der Waals surface area contributed by atoms with Gasteiger partial charge in [0.05, 0.1) is 12.7 Å². The Kier molecular flexibility index (Phi) is 5.70. The number of nitroso groups, excluding NO2 is 1. The molecule has 0 bridgehead atoms. The van der Waals surface area contributed by atoms with Crippen molar-refractivity contribution in [2.75, 3.05) is 7.11 Å². The Hall–Kier alpha value is -1.69. The van der Waals surface area contributed by atoms with Crippen LogP contribution in [0.25, 0.3) is 0 Å². The van der Waals surface area contributed by atoms with Crippen molar-refractivity contribution in [2.24, 2.45) is 5.18 Å². The monoisotopic (exact) mass is 262 g/mol. The third-order valence-corrected chi connectivity index (χ3v) is 2.74. The van der Waals surface area contributed by atoms with E-state index in [0.717, 1.165) is 0 Å². The number of nitrogens with zero attached hydrogens (tertiary/aromatic N) is 1. The van der Waals surface area contributed by atoms with Gasteiger partial charge in [-0.3, -0.25) is 4.79 Å². The van der Waals surface area contributed by atoms with E-state index in [1.165, 1.54) is 7.11 Å². The maximum Gasteiger partial charge on any atom is 0.317 e. The van der Waals surface area contributed by atoms with Gasteiger partial charge in [0.2, 0.25) is 0 Å². The van der Waals surface area contributed by atoms with Crippen LogP contribution in [0.5, 0.6) is 5.75 Å². The van der Waals surface area contributed by atoms with Crippen LogP contribution in [-0.2, 0) is 11.2 Å². The maximum atomic E-state index is 11.7. The van der Waals surface area contributed by atoms with Crippen molar-refractivity contribution in [3.63, 3.8) is 0 Å². The summed E-state index contributed by atoms with van der Waals surface area (Å²) in [5.74, 6) is -0.00809. The molecule has 19 heavy (non-hydrogen) atoms. The first-order valence-electron chi connectivity index (χ1n) is 6.05. The normalized spacial score (nSPS) is 10.4. The number of hydrogen-bond donors (Lipinski definition) is 0. The molecule has 1 rings (SSSR count). The molecule has 1 aromatic carbocycles. The Morgan fingerprint density at radius 1 is 1.42 bits per heavy atom. The predicted octanol–water partition coefficient (Wildman–Crippen LogP) is 2.87. The minimum Gasteiger partial charge on any atom is -0.338 e. The molecule has 6 heteroatoms. The highest BCUT2D eigenvalue weighted by atomic mass is 17.2. The van der Waals surface area contributed by atoms with Crippen molar-refractivity contribution in [1.29, 1.82) is 0 Å². The lowest BCUT2D eigenvalue weighted by Crippen LogP contribution is -2.11. The third-order valence-electron chi connectivity index (χ3n) is 2.74. The third kappa shape index (κ3) is 3.89. The summed E-state index contributed by atoms with van der Waals surface area (Å²) >= 11 is 0. The van der Waals surface area contributed by atoms with Crippen LogP contribution in [0, 0.1) is 11.8 Å². The SMILES string of the molecule is COOc1ccc(C)c(C(=O)N=O)c1C[B]C(C)C. The van der Waals surface area contributed by atoms with E-state index >= 15 is 0 Å². The highest BCUT2D eigenvalue weighted by molar-refractivity contribution is 6.37. The molecule has 0 aliphatic carbocycles. The molecular weight excluding hydrogens is 245 g/mol. The number of amides is 1. The van der Waals surface area contributed by atoms with E-state index in [1.54, 1.807) is 19.1 Å². The molecule has 0 spiro atoms. The summed E-state index contributed by atoms with van der Waals surface area (Å²) in [7, 11) is 3.41. The molecular formula is C13H17BNO4. The van der Waals surface area contributed by atoms with Crippen LogP contribution in [0.15, 0.2) is 17.3 Å². The molecule has 0 aliphatic heterocycles. The van der Waals surface area contributed by atoms with Crippen LogP contribution < -0.4 is 4.89 Å². The second-order valence-corrected chi connectivity index (χ2v) is 4.56. The van der Waals surface area contributed by atoms with Gasteiger partial charge in [0.1, 0.15) is 7.28 Å². The largest absolute Gasteiger partial charge is 0.338 e. The first kappa shape index (κ1) is 15.4. The molecule has 0 saturated heterocycles. The van der Waals surface area contributed by atoms with Gasteiger partial charge >= 0.3 is 5.91 Å². The molecule has 0 heterocycles. The molecule has 0 atom stereocenters. The van der Waals surface area contributed by atoms with Gasteiger partial charge in [-0.2, -0.15) is 4.89 Å². The predicted molar refractivity (Wildman–Crippen MR) is 73.5 cm³/mol. The Labute approximate surface area is 113 Å². The lowest BCUT2D eigenvalue weighted by Gasteiger charge is -2.14. The molecule has 0 aromatic heterocycles. The summed E-state index contributed by atoms with van der Waals surface area (Å²) in [6.45, 7) is 5.83. The smallest absolute Gasteiger partial charge is 0.317 e. The van der Waals surface area contributed by atoms with E-state index in [-0.39, 0.29) is 0 Å². The average Bonchev–Trinajstić information content (AvgIpc) is 2.38. The van der Waals surface area contributed by atoms with Crippen molar-refractivity contribution < 1.29 is 14.6 Å². The Morgan fingerprint density at radius 2 is 2.11 bits per heavy atom. The number of carbonyl (C=O) groups excluding carboxylic acids is 1. The number of hydrogen-bond acceptors (Lipinski definition) is 4. The van der Waals surface area contributed by atoms with Crippen LogP contribution in [0.3, 0.4) is 0 Å². The number of rotatable bonds is 6. The van der Waals surface area contributed by atoms with Crippen LogP contribution >= 0.6 is 0 Å². The summed E-state index contributed by atoms with van der Waals surface area (Å²) in [5.41, 5.74) is 1.61. The standard InChI is InChI=1S/C13H17BNO4/c1-8(2)14-7-10-11(19-18-4)6-5-9(3)12(10)13(16)15-17/h5-6,8H,7H2,1-4H3. The van der Waals surface area contributed by atoms with Gasteiger partial charge in [-0.1, -0.05) is 32.1 Å². The molecule has 1 aromatic rings. The van der Waals surface area contributed by atoms with Crippen LogP contribution in [0.2, 0.25) is 5.82 Å². The zero-order valence-electron chi connectivity index (χ0n) is 11.6. The molecule has 1 radical (unpaired) electrons. The fourth-order valence-corrected chi connectivity index (χ4v) is 1.81. The molecule has 5 nitrogen and oxygen atoms in total. The van der Waals surface area contributed by atoms with Crippen LogP contribution in [0.1, 0.15) is 35.3 Å². The molecule has 0 fully saturated rings. The summed E-state index contributed by atoms with van der Waals surface area (Å²) in [5, 5.41) is 2.51. The molecule has 0 N–H and O–H groups in total. The average molecular weight is 262 g/mol. The summed E-state index contributed by atoms with van der Waals surface area (Å²) in [6.07, 6.45) is 0.509. The number of benzene rings is 1. The molecule has 0 aliphatic rings. The first-order valence-corrected chi connectivity index (χ1v) is 6.05. The zero-order valence-corrected chi connectivity index (χ0v) is 11.6. The lowest BCUT2D eigenvalue weighted by atomic mass is 9.61. The number of aryl methyl sites for hydroxylation is 1. The van der Waals surface area contributed by atoms with Gasteiger partial charge < -0.3 is 4.89 Å². The highest BCUT2D eigenvalue weighted by Gasteiger charge is 2.20. The van der Waals surface area contributed by atoms with E-state index in [1.807, 2.05) is 21.1 Å². The van der Waals surface area contributed by atoms with E-state index in [4.69, 9.17) is 4.89 Å². The van der Waals surface area contributed by atoms with E-state index in [2.05, 4.69) is 10.1 Å². The summed E-state index contributed by atoms with van der Waals surface area (Å²) < 4.78 is 0. The van der Waals surface area contributed by atoms with Gasteiger partial charge in [0, 0.05) is 10.7 Å². The van der Waals surface area contributed by atoms with Crippen LogP contribution in [0.4, 0.5) is 0 Å². The molecule has 0 unspecified atom stereocenters. The van der Waals surface area contributed by atoms with Crippen molar-refractivity contribution in [1.82, 2.24) is 0 Å². The van der Waals surface area contributed by atoms with Crippen molar-refractivity contribution in [2.45, 2.75) is 32.9 Å². The second-order valence-electron chi connectivity index (χ2n) is 4.56.